The fraction of sp³-hybridized carbons (Fsp3) is 0.111. The van der Waals surface area contributed by atoms with Crippen LogP contribution in [0.4, 0.5) is 14.5 Å². The van der Waals surface area contributed by atoms with Crippen LogP contribution < -0.4 is 0 Å². The van der Waals surface area contributed by atoms with Gasteiger partial charge in [-0.2, -0.15) is 4.39 Å². The second kappa shape index (κ2) is 4.71. The minimum absolute atomic E-state index is 0.0371. The number of nitrogens with zero attached hydrogens (tertiary/aromatic N) is 1. The van der Waals surface area contributed by atoms with Crippen LogP contribution in [0.15, 0.2) is 12.1 Å². The van der Waals surface area contributed by atoms with Crippen molar-refractivity contribution in [2.45, 2.75) is 0 Å². The number of nitro benzene ring substituents is 1. The number of alkyl halides is 1. The van der Waals surface area contributed by atoms with E-state index in [1.54, 1.807) is 0 Å². The lowest BCUT2D eigenvalue weighted by Crippen LogP contribution is -1.96. The van der Waals surface area contributed by atoms with Crippen LogP contribution in [-0.4, -0.2) is 10.8 Å². The van der Waals surface area contributed by atoms with E-state index in [4.69, 9.17) is 11.6 Å². The third-order valence-corrected chi connectivity index (χ3v) is 1.66. The van der Waals surface area contributed by atoms with Crippen LogP contribution >= 0.6 is 11.6 Å². The zero-order valence-electron chi connectivity index (χ0n) is 7.26. The highest BCUT2D eigenvalue weighted by Crippen LogP contribution is 2.20. The Hall–Kier alpha value is -1.67. The molecule has 0 aliphatic rings. The highest BCUT2D eigenvalue weighted by Gasteiger charge is 2.17. The van der Waals surface area contributed by atoms with E-state index in [1.165, 1.54) is 0 Å². The maximum Gasteiger partial charge on any atom is 0.306 e. The van der Waals surface area contributed by atoms with Crippen LogP contribution in [0.25, 0.3) is 0 Å². The highest BCUT2D eigenvalue weighted by atomic mass is 35.5. The topological polar surface area (TPSA) is 43.1 Å². The molecule has 1 rings (SSSR count). The molecule has 1 aromatic carbocycles. The minimum Gasteiger partial charge on any atom is -0.258 e. The largest absolute Gasteiger partial charge is 0.306 e. The van der Waals surface area contributed by atoms with E-state index < -0.39 is 22.2 Å². The van der Waals surface area contributed by atoms with E-state index in [9.17, 15) is 18.9 Å². The molecule has 0 spiro atoms. The maximum absolute atomic E-state index is 13.0. The molecule has 0 amide bonds. The molecule has 0 radical (unpaired) electrons. The summed E-state index contributed by atoms with van der Waals surface area (Å²) in [7, 11) is 0. The Bertz CT molecular complexity index is 465. The maximum atomic E-state index is 13.0. The molecule has 1 aromatic rings. The second-order valence-electron chi connectivity index (χ2n) is 2.48. The van der Waals surface area contributed by atoms with Gasteiger partial charge in [0.25, 0.3) is 0 Å². The van der Waals surface area contributed by atoms with Gasteiger partial charge in [0.05, 0.1) is 16.4 Å². The second-order valence-corrected chi connectivity index (χ2v) is 2.74. The number of nitro groups is 1. The SMILES string of the molecule is O=[N+]([O-])c1cc(C#CCCl)c(F)cc1F. The van der Waals surface area contributed by atoms with Gasteiger partial charge < -0.3 is 0 Å². The van der Waals surface area contributed by atoms with E-state index >= 15 is 0 Å². The van der Waals surface area contributed by atoms with Crippen LogP contribution in [0.3, 0.4) is 0 Å². The molecule has 0 aliphatic carbocycles. The van der Waals surface area contributed by atoms with Crippen LogP contribution in [0, 0.1) is 33.6 Å². The first-order valence-corrected chi connectivity index (χ1v) is 4.28. The predicted octanol–water partition coefficient (Wildman–Crippen LogP) is 2.46. The van der Waals surface area contributed by atoms with Gasteiger partial charge in [-0.3, -0.25) is 10.1 Å². The first kappa shape index (κ1) is 11.4. The first-order valence-electron chi connectivity index (χ1n) is 3.74. The average molecular weight is 232 g/mol. The molecule has 15 heavy (non-hydrogen) atoms. The van der Waals surface area contributed by atoms with E-state index in [0.717, 1.165) is 6.07 Å². The molecule has 0 saturated heterocycles. The van der Waals surface area contributed by atoms with Crippen molar-refractivity contribution in [1.29, 1.82) is 0 Å². The molecule has 0 fully saturated rings. The Balaban J connectivity index is 3.29. The van der Waals surface area contributed by atoms with Crippen molar-refractivity contribution >= 4 is 17.3 Å². The van der Waals surface area contributed by atoms with Crippen LogP contribution in [0.5, 0.6) is 0 Å². The molecule has 0 N–H and O–H groups in total. The molecular weight excluding hydrogens is 228 g/mol. The summed E-state index contributed by atoms with van der Waals surface area (Å²) in [6.45, 7) is 0. The molecule has 6 heteroatoms. The fourth-order valence-corrected chi connectivity index (χ4v) is 0.969. The smallest absolute Gasteiger partial charge is 0.258 e. The van der Waals surface area contributed by atoms with Gasteiger partial charge in [0, 0.05) is 12.1 Å². The zero-order chi connectivity index (χ0) is 11.4. The Kier molecular flexibility index (Phi) is 3.58. The lowest BCUT2D eigenvalue weighted by molar-refractivity contribution is -0.387. The Morgan fingerprint density at radius 2 is 2.07 bits per heavy atom. The van der Waals surface area contributed by atoms with E-state index in [-0.39, 0.29) is 11.4 Å². The normalized spacial score (nSPS) is 9.27. The van der Waals surface area contributed by atoms with Crippen molar-refractivity contribution in [2.75, 3.05) is 5.88 Å². The highest BCUT2D eigenvalue weighted by molar-refractivity contribution is 6.19. The number of rotatable bonds is 1. The number of benzene rings is 1. The molecular formula is C9H4ClF2NO2. The van der Waals surface area contributed by atoms with Crippen molar-refractivity contribution in [1.82, 2.24) is 0 Å². The molecule has 0 unspecified atom stereocenters. The van der Waals surface area contributed by atoms with Crippen LogP contribution in [0.1, 0.15) is 5.56 Å². The van der Waals surface area contributed by atoms with Crippen molar-refractivity contribution in [3.8, 4) is 11.8 Å². The van der Waals surface area contributed by atoms with E-state index in [2.05, 4.69) is 11.8 Å². The van der Waals surface area contributed by atoms with E-state index in [0.29, 0.717) is 6.07 Å². The van der Waals surface area contributed by atoms with E-state index in [1.807, 2.05) is 0 Å². The summed E-state index contributed by atoms with van der Waals surface area (Å²) in [4.78, 5) is 9.38. The van der Waals surface area contributed by atoms with Gasteiger partial charge in [-0.15, -0.1) is 11.6 Å². The fourth-order valence-electron chi connectivity index (χ4n) is 0.902. The molecule has 0 heterocycles. The van der Waals surface area contributed by atoms with Gasteiger partial charge >= 0.3 is 5.69 Å². The van der Waals surface area contributed by atoms with Crippen LogP contribution in [0.2, 0.25) is 0 Å². The summed E-state index contributed by atoms with van der Waals surface area (Å²) < 4.78 is 25.9. The van der Waals surface area contributed by atoms with Crippen molar-refractivity contribution < 1.29 is 13.7 Å². The summed E-state index contributed by atoms with van der Waals surface area (Å²) >= 11 is 5.23. The lowest BCUT2D eigenvalue weighted by atomic mass is 10.2. The molecule has 3 nitrogen and oxygen atoms in total. The number of hydrogen-bond donors (Lipinski definition) is 0. The van der Waals surface area contributed by atoms with Crippen LogP contribution in [-0.2, 0) is 0 Å². The predicted molar refractivity (Wildman–Crippen MR) is 50.6 cm³/mol. The Morgan fingerprint density at radius 1 is 1.40 bits per heavy atom. The number of halogens is 3. The monoisotopic (exact) mass is 231 g/mol. The molecule has 0 atom stereocenters. The van der Waals surface area contributed by atoms with Gasteiger partial charge in [-0.05, 0) is 0 Å². The van der Waals surface area contributed by atoms with Gasteiger partial charge in [-0.1, -0.05) is 11.8 Å². The standard InChI is InChI=1S/C9H4ClF2NO2/c10-3-1-2-6-4-9(13(14)15)8(12)5-7(6)11/h4-5H,3H2. The van der Waals surface area contributed by atoms with Crippen molar-refractivity contribution in [3.05, 3.63) is 39.4 Å². The Morgan fingerprint density at radius 3 is 2.60 bits per heavy atom. The molecule has 0 bridgehead atoms. The van der Waals surface area contributed by atoms with Gasteiger partial charge in [0.2, 0.25) is 5.82 Å². The lowest BCUT2D eigenvalue weighted by Gasteiger charge is -1.96. The third kappa shape index (κ3) is 2.64. The Labute approximate surface area is 88.8 Å². The number of hydrogen-bond acceptors (Lipinski definition) is 2. The summed E-state index contributed by atoms with van der Waals surface area (Å²) in [6, 6.07) is 1.17. The van der Waals surface area contributed by atoms with Crippen molar-refractivity contribution in [3.63, 3.8) is 0 Å². The summed E-state index contributed by atoms with van der Waals surface area (Å²) in [5, 5.41) is 10.3. The summed E-state index contributed by atoms with van der Waals surface area (Å²) in [5.74, 6) is 2.37. The molecule has 78 valence electrons. The average Bonchev–Trinajstić information content (AvgIpc) is 2.16. The van der Waals surface area contributed by atoms with Gasteiger partial charge in [0.1, 0.15) is 5.82 Å². The molecule has 0 saturated carbocycles. The van der Waals surface area contributed by atoms with Gasteiger partial charge in [0.15, 0.2) is 0 Å². The zero-order valence-corrected chi connectivity index (χ0v) is 8.02. The molecule has 0 aromatic heterocycles. The third-order valence-electron chi connectivity index (χ3n) is 1.52. The summed E-state index contributed by atoms with van der Waals surface area (Å²) in [5.41, 5.74) is -1.06. The minimum atomic E-state index is -1.23. The van der Waals surface area contributed by atoms with Crippen molar-refractivity contribution in [2.24, 2.45) is 0 Å². The first-order chi connectivity index (χ1) is 7.06. The molecule has 0 aliphatic heterocycles. The summed E-state index contributed by atoms with van der Waals surface area (Å²) in [6.07, 6.45) is 0. The van der Waals surface area contributed by atoms with Gasteiger partial charge in [-0.25, -0.2) is 4.39 Å². The quantitative estimate of drug-likeness (QED) is 0.323.